The molecule has 1 aromatic carbocycles. The van der Waals surface area contributed by atoms with Gasteiger partial charge in [-0.15, -0.1) is 0 Å². The number of likely N-dealkylation sites (tertiary alicyclic amines) is 1. The van der Waals surface area contributed by atoms with E-state index in [1.165, 1.54) is 6.26 Å². The lowest BCUT2D eigenvalue weighted by molar-refractivity contribution is 0.0792. The number of carbonyl (C=O) groups is 2. The summed E-state index contributed by atoms with van der Waals surface area (Å²) >= 11 is 0. The third kappa shape index (κ3) is 3.44. The lowest BCUT2D eigenvalue weighted by Gasteiger charge is -2.15. The molecule has 5 nitrogen and oxygen atoms in total. The Morgan fingerprint density at radius 1 is 1.13 bits per heavy atom. The highest BCUT2D eigenvalue weighted by Gasteiger charge is 2.19. The van der Waals surface area contributed by atoms with Gasteiger partial charge in [-0.3, -0.25) is 9.59 Å². The number of carbonyl (C=O) groups excluding carboxylic acids is 2. The quantitative estimate of drug-likeness (QED) is 0.944. The van der Waals surface area contributed by atoms with E-state index in [-0.39, 0.29) is 11.8 Å². The first-order valence-electron chi connectivity index (χ1n) is 7.85. The second-order valence-corrected chi connectivity index (χ2v) is 5.77. The molecule has 1 aromatic heterocycles. The number of nitrogens with zero attached hydrogens (tertiary/aromatic N) is 1. The summed E-state index contributed by atoms with van der Waals surface area (Å²) in [4.78, 5) is 26.2. The van der Waals surface area contributed by atoms with Gasteiger partial charge in [0.2, 0.25) is 0 Å². The Labute approximate surface area is 135 Å². The van der Waals surface area contributed by atoms with Crippen LogP contribution in [0.2, 0.25) is 0 Å². The fourth-order valence-electron chi connectivity index (χ4n) is 2.77. The second kappa shape index (κ2) is 6.69. The normalized spacial score (nSPS) is 14.0. The van der Waals surface area contributed by atoms with Crippen LogP contribution in [0.5, 0.6) is 0 Å². The molecule has 0 atom stereocenters. The number of hydrogen-bond acceptors (Lipinski definition) is 3. The number of rotatable bonds is 4. The molecule has 23 heavy (non-hydrogen) atoms. The topological polar surface area (TPSA) is 62.6 Å². The molecule has 1 aliphatic heterocycles. The molecule has 2 aromatic rings. The highest BCUT2D eigenvalue weighted by atomic mass is 16.3. The predicted octanol–water partition coefficient (Wildman–Crippen LogP) is 2.75. The Balaban J connectivity index is 1.58. The molecule has 0 unspecified atom stereocenters. The van der Waals surface area contributed by atoms with Crippen molar-refractivity contribution in [2.24, 2.45) is 0 Å². The maximum Gasteiger partial charge on any atom is 0.255 e. The summed E-state index contributed by atoms with van der Waals surface area (Å²) in [7, 11) is 0. The van der Waals surface area contributed by atoms with Crippen molar-refractivity contribution in [1.82, 2.24) is 10.2 Å². The van der Waals surface area contributed by atoms with Crippen LogP contribution >= 0.6 is 0 Å². The fourth-order valence-corrected chi connectivity index (χ4v) is 2.77. The summed E-state index contributed by atoms with van der Waals surface area (Å²) < 4.78 is 5.13. The van der Waals surface area contributed by atoms with Crippen LogP contribution < -0.4 is 5.32 Å². The summed E-state index contributed by atoms with van der Waals surface area (Å²) in [5.41, 5.74) is 2.20. The third-order valence-electron chi connectivity index (χ3n) is 4.15. The van der Waals surface area contributed by atoms with Crippen LogP contribution in [0.15, 0.2) is 41.0 Å². The molecule has 5 heteroatoms. The second-order valence-electron chi connectivity index (χ2n) is 5.77. The summed E-state index contributed by atoms with van der Waals surface area (Å²) in [6.07, 6.45) is 3.68. The summed E-state index contributed by atoms with van der Waals surface area (Å²) in [5.74, 6) is 0.537. The van der Waals surface area contributed by atoms with Gasteiger partial charge in [0.15, 0.2) is 0 Å². The van der Waals surface area contributed by atoms with Crippen molar-refractivity contribution < 1.29 is 14.0 Å². The smallest absolute Gasteiger partial charge is 0.255 e. The van der Waals surface area contributed by atoms with Crippen molar-refractivity contribution in [2.45, 2.75) is 26.3 Å². The molecule has 1 saturated heterocycles. The van der Waals surface area contributed by atoms with Gasteiger partial charge in [-0.1, -0.05) is 12.1 Å². The minimum Gasteiger partial charge on any atom is -0.469 e. The SMILES string of the molecule is Cc1occc1C(=O)NCc1ccc(C(=O)N2CCCC2)cc1. The van der Waals surface area contributed by atoms with Gasteiger partial charge in [-0.2, -0.15) is 0 Å². The number of nitrogens with one attached hydrogen (secondary N) is 1. The molecular weight excluding hydrogens is 292 g/mol. The fraction of sp³-hybridized carbons (Fsp3) is 0.333. The van der Waals surface area contributed by atoms with Gasteiger partial charge in [0.1, 0.15) is 5.76 Å². The van der Waals surface area contributed by atoms with Gasteiger partial charge < -0.3 is 14.6 Å². The highest BCUT2D eigenvalue weighted by molar-refractivity contribution is 5.95. The van der Waals surface area contributed by atoms with Crippen molar-refractivity contribution in [3.05, 3.63) is 59.0 Å². The van der Waals surface area contributed by atoms with E-state index in [1.54, 1.807) is 13.0 Å². The maximum absolute atomic E-state index is 12.3. The van der Waals surface area contributed by atoms with E-state index < -0.39 is 0 Å². The molecule has 1 fully saturated rings. The molecule has 2 amide bonds. The largest absolute Gasteiger partial charge is 0.469 e. The summed E-state index contributed by atoms with van der Waals surface area (Å²) in [6, 6.07) is 9.07. The van der Waals surface area contributed by atoms with E-state index in [0.717, 1.165) is 31.5 Å². The Bertz CT molecular complexity index is 697. The van der Waals surface area contributed by atoms with E-state index >= 15 is 0 Å². The van der Waals surface area contributed by atoms with Crippen LogP contribution in [0.1, 0.15) is 44.9 Å². The van der Waals surface area contributed by atoms with Gasteiger partial charge in [-0.25, -0.2) is 0 Å². The number of furan rings is 1. The zero-order chi connectivity index (χ0) is 16.2. The Morgan fingerprint density at radius 2 is 1.83 bits per heavy atom. The minimum absolute atomic E-state index is 0.0899. The number of aryl methyl sites for hydroxylation is 1. The first-order valence-corrected chi connectivity index (χ1v) is 7.85. The molecule has 120 valence electrons. The lowest BCUT2D eigenvalue weighted by Crippen LogP contribution is -2.27. The van der Waals surface area contributed by atoms with Crippen molar-refractivity contribution in [1.29, 1.82) is 0 Å². The third-order valence-corrected chi connectivity index (χ3v) is 4.15. The van der Waals surface area contributed by atoms with Crippen LogP contribution in [-0.4, -0.2) is 29.8 Å². The zero-order valence-electron chi connectivity index (χ0n) is 13.2. The minimum atomic E-state index is -0.159. The van der Waals surface area contributed by atoms with Gasteiger partial charge in [0, 0.05) is 25.2 Å². The molecule has 1 aliphatic rings. The predicted molar refractivity (Wildman–Crippen MR) is 86.2 cm³/mol. The van der Waals surface area contributed by atoms with Crippen LogP contribution in [0.25, 0.3) is 0 Å². The molecule has 2 heterocycles. The van der Waals surface area contributed by atoms with Crippen molar-refractivity contribution >= 4 is 11.8 Å². The van der Waals surface area contributed by atoms with Crippen LogP contribution in [0, 0.1) is 6.92 Å². The highest BCUT2D eigenvalue weighted by Crippen LogP contribution is 2.14. The molecule has 0 radical (unpaired) electrons. The van der Waals surface area contributed by atoms with E-state index in [9.17, 15) is 9.59 Å². The molecule has 0 spiro atoms. The molecule has 3 rings (SSSR count). The summed E-state index contributed by atoms with van der Waals surface area (Å²) in [5, 5.41) is 2.85. The molecule has 1 N–H and O–H groups in total. The summed E-state index contributed by atoms with van der Waals surface area (Å²) in [6.45, 7) is 3.87. The Morgan fingerprint density at radius 3 is 2.43 bits per heavy atom. The number of amides is 2. The van der Waals surface area contributed by atoms with Crippen molar-refractivity contribution in [3.8, 4) is 0 Å². The van der Waals surface area contributed by atoms with E-state index in [2.05, 4.69) is 5.32 Å². The number of hydrogen-bond donors (Lipinski definition) is 1. The molecule has 0 aliphatic carbocycles. The Kier molecular flexibility index (Phi) is 4.46. The van der Waals surface area contributed by atoms with Crippen LogP contribution in [-0.2, 0) is 6.54 Å². The standard InChI is InChI=1S/C18H20N2O3/c1-13-16(8-11-23-13)17(21)19-12-14-4-6-15(7-5-14)18(22)20-9-2-3-10-20/h4-8,11H,2-3,9-10,12H2,1H3,(H,19,21). The van der Waals surface area contributed by atoms with Crippen LogP contribution in [0.4, 0.5) is 0 Å². The van der Waals surface area contributed by atoms with Crippen molar-refractivity contribution in [2.75, 3.05) is 13.1 Å². The lowest BCUT2D eigenvalue weighted by atomic mass is 10.1. The monoisotopic (exact) mass is 312 g/mol. The average molecular weight is 312 g/mol. The van der Waals surface area contributed by atoms with E-state index in [0.29, 0.717) is 23.4 Å². The van der Waals surface area contributed by atoms with Gasteiger partial charge >= 0.3 is 0 Å². The Hall–Kier alpha value is -2.56. The van der Waals surface area contributed by atoms with Crippen LogP contribution in [0.3, 0.4) is 0 Å². The first-order chi connectivity index (χ1) is 11.1. The number of benzene rings is 1. The van der Waals surface area contributed by atoms with Gasteiger partial charge in [0.25, 0.3) is 11.8 Å². The maximum atomic E-state index is 12.3. The first kappa shape index (κ1) is 15.3. The molecular formula is C18H20N2O3. The van der Waals surface area contributed by atoms with Gasteiger partial charge in [0.05, 0.1) is 11.8 Å². The molecule has 0 saturated carbocycles. The van der Waals surface area contributed by atoms with Crippen molar-refractivity contribution in [3.63, 3.8) is 0 Å². The van der Waals surface area contributed by atoms with E-state index in [4.69, 9.17) is 4.42 Å². The molecule has 0 bridgehead atoms. The van der Waals surface area contributed by atoms with Gasteiger partial charge in [-0.05, 0) is 43.5 Å². The zero-order valence-corrected chi connectivity index (χ0v) is 13.2. The average Bonchev–Trinajstić information content (AvgIpc) is 3.24. The van der Waals surface area contributed by atoms with E-state index in [1.807, 2.05) is 29.2 Å².